The minimum atomic E-state index is -4.92. The number of rotatable bonds is 6. The van der Waals surface area contributed by atoms with E-state index in [4.69, 9.17) is 9.47 Å². The quantitative estimate of drug-likeness (QED) is 0.240. The molecule has 0 atom stereocenters. The van der Waals surface area contributed by atoms with Crippen LogP contribution in [-0.4, -0.2) is 30.3 Å². The van der Waals surface area contributed by atoms with E-state index >= 15 is 0 Å². The summed E-state index contributed by atoms with van der Waals surface area (Å²) in [6.45, 7) is 0.629. The number of ether oxygens (including phenoxy) is 2. The zero-order valence-corrected chi connectivity index (χ0v) is 17.7. The fourth-order valence-corrected chi connectivity index (χ4v) is 3.53. The number of hydrogen-bond acceptors (Lipinski definition) is 3. The van der Waals surface area contributed by atoms with Crippen molar-refractivity contribution < 1.29 is 35.8 Å². The van der Waals surface area contributed by atoms with Gasteiger partial charge in [-0.05, 0) is 58.3 Å². The molecule has 0 spiro atoms. The van der Waals surface area contributed by atoms with Gasteiger partial charge in [-0.3, -0.25) is 0 Å². The van der Waals surface area contributed by atoms with Crippen molar-refractivity contribution in [2.45, 2.75) is 12.4 Å². The van der Waals surface area contributed by atoms with Crippen LogP contribution in [0.25, 0.3) is 33.3 Å². The first-order chi connectivity index (χ1) is 16.1. The Morgan fingerprint density at radius 1 is 0.794 bits per heavy atom. The van der Waals surface area contributed by atoms with Gasteiger partial charge in [-0.25, -0.2) is 4.98 Å². The Hall–Kier alpha value is -3.53. The van der Waals surface area contributed by atoms with Crippen LogP contribution in [0.1, 0.15) is 11.1 Å². The van der Waals surface area contributed by atoms with Crippen molar-refractivity contribution >= 4 is 10.8 Å². The molecule has 0 bridgehead atoms. The molecule has 34 heavy (non-hydrogen) atoms. The number of nitrogens with zero attached hydrogens (tertiary/aromatic N) is 1. The third-order valence-electron chi connectivity index (χ3n) is 5.16. The fourth-order valence-electron chi connectivity index (χ4n) is 3.53. The number of imidazole rings is 1. The van der Waals surface area contributed by atoms with Gasteiger partial charge in [0.05, 0.1) is 23.3 Å². The van der Waals surface area contributed by atoms with Crippen molar-refractivity contribution in [2.75, 3.05) is 20.3 Å². The summed E-state index contributed by atoms with van der Waals surface area (Å²) in [7, 11) is 1.54. The molecule has 178 valence electrons. The van der Waals surface area contributed by atoms with Gasteiger partial charge in [0.2, 0.25) is 0 Å². The third-order valence-corrected chi connectivity index (χ3v) is 5.16. The molecular formula is C24H18F6N2O2. The Bertz CT molecular complexity index is 1270. The van der Waals surface area contributed by atoms with Gasteiger partial charge in [-0.1, -0.05) is 12.1 Å². The molecule has 1 N–H and O–H groups in total. The van der Waals surface area contributed by atoms with Crippen LogP contribution in [0.4, 0.5) is 26.3 Å². The SMILES string of the molecule is COCCOc1cc2ccc(-c3cc(C(F)(F)F)cc(C(F)(F)F)c3)cc2cc1-c1ncc[nH]1. The Labute approximate surface area is 190 Å². The largest absolute Gasteiger partial charge is 0.490 e. The van der Waals surface area contributed by atoms with Gasteiger partial charge in [0.1, 0.15) is 18.2 Å². The highest BCUT2D eigenvalue weighted by molar-refractivity contribution is 5.92. The zero-order chi connectivity index (χ0) is 24.5. The third kappa shape index (κ3) is 5.01. The summed E-state index contributed by atoms with van der Waals surface area (Å²) >= 11 is 0. The number of aromatic nitrogens is 2. The predicted molar refractivity (Wildman–Crippen MR) is 114 cm³/mol. The molecule has 0 saturated heterocycles. The molecule has 0 aliphatic rings. The number of methoxy groups -OCH3 is 1. The van der Waals surface area contributed by atoms with Crippen molar-refractivity contribution in [1.29, 1.82) is 0 Å². The van der Waals surface area contributed by atoms with E-state index in [-0.39, 0.29) is 23.8 Å². The number of alkyl halides is 6. The van der Waals surface area contributed by atoms with E-state index in [1.54, 1.807) is 30.6 Å². The van der Waals surface area contributed by atoms with Crippen LogP contribution in [0, 0.1) is 0 Å². The van der Waals surface area contributed by atoms with Gasteiger partial charge in [0.15, 0.2) is 0 Å². The van der Waals surface area contributed by atoms with Crippen molar-refractivity contribution in [1.82, 2.24) is 9.97 Å². The molecule has 0 amide bonds. The lowest BCUT2D eigenvalue weighted by Gasteiger charge is -2.15. The first kappa shape index (κ1) is 23.6. The van der Waals surface area contributed by atoms with Gasteiger partial charge in [-0.15, -0.1) is 0 Å². The maximum atomic E-state index is 13.3. The van der Waals surface area contributed by atoms with Crippen molar-refractivity contribution in [3.8, 4) is 28.3 Å². The number of aromatic amines is 1. The molecule has 0 fully saturated rings. The lowest BCUT2D eigenvalue weighted by atomic mass is 9.96. The highest BCUT2D eigenvalue weighted by atomic mass is 19.4. The normalized spacial score (nSPS) is 12.3. The van der Waals surface area contributed by atoms with Crippen LogP contribution in [0.2, 0.25) is 0 Å². The first-order valence-corrected chi connectivity index (χ1v) is 10.1. The summed E-state index contributed by atoms with van der Waals surface area (Å²) in [6.07, 6.45) is -6.67. The average Bonchev–Trinajstić information content (AvgIpc) is 3.32. The molecule has 1 aromatic heterocycles. The minimum Gasteiger partial charge on any atom is -0.490 e. The van der Waals surface area contributed by atoms with Gasteiger partial charge in [0.25, 0.3) is 0 Å². The first-order valence-electron chi connectivity index (χ1n) is 10.1. The molecule has 10 heteroatoms. The molecule has 4 nitrogen and oxygen atoms in total. The number of halogens is 6. The van der Waals surface area contributed by atoms with E-state index in [2.05, 4.69) is 9.97 Å². The lowest BCUT2D eigenvalue weighted by molar-refractivity contribution is -0.143. The second-order valence-corrected chi connectivity index (χ2v) is 7.48. The van der Waals surface area contributed by atoms with E-state index in [1.165, 1.54) is 19.2 Å². The highest BCUT2D eigenvalue weighted by Gasteiger charge is 2.37. The second kappa shape index (κ2) is 9.02. The summed E-state index contributed by atoms with van der Waals surface area (Å²) in [5, 5.41) is 1.28. The number of fused-ring (bicyclic) bond motifs is 1. The standard InChI is InChI=1S/C24H18F6N2O2/c1-33-6-7-34-21-12-15-3-2-14(8-16(15)11-20(21)22-31-4-5-32-22)17-9-18(23(25,26)27)13-19(10-17)24(28,29)30/h2-5,8-13H,6-7H2,1H3,(H,31,32). The van der Waals surface area contributed by atoms with Crippen molar-refractivity contribution in [2.24, 2.45) is 0 Å². The summed E-state index contributed by atoms with van der Waals surface area (Å²) in [4.78, 5) is 7.19. The predicted octanol–water partition coefficient (Wildman–Crippen LogP) is 6.96. The van der Waals surface area contributed by atoms with Crippen LogP contribution in [-0.2, 0) is 17.1 Å². The highest BCUT2D eigenvalue weighted by Crippen LogP contribution is 2.40. The molecule has 0 aliphatic heterocycles. The molecule has 0 radical (unpaired) electrons. The smallest absolute Gasteiger partial charge is 0.416 e. The summed E-state index contributed by atoms with van der Waals surface area (Å²) in [5.74, 6) is 1.00. The topological polar surface area (TPSA) is 47.1 Å². The van der Waals surface area contributed by atoms with Crippen LogP contribution < -0.4 is 4.74 Å². The van der Waals surface area contributed by atoms with E-state index in [0.717, 1.165) is 0 Å². The molecule has 0 saturated carbocycles. The maximum absolute atomic E-state index is 13.3. The number of H-pyrrole nitrogens is 1. The van der Waals surface area contributed by atoms with Gasteiger partial charge in [-0.2, -0.15) is 26.3 Å². The Balaban J connectivity index is 1.85. The zero-order valence-electron chi connectivity index (χ0n) is 17.7. The monoisotopic (exact) mass is 480 g/mol. The summed E-state index contributed by atoms with van der Waals surface area (Å²) in [5.41, 5.74) is -2.12. The van der Waals surface area contributed by atoms with Crippen molar-refractivity contribution in [3.05, 3.63) is 72.1 Å². The van der Waals surface area contributed by atoms with Crippen LogP contribution in [0.3, 0.4) is 0 Å². The van der Waals surface area contributed by atoms with E-state index < -0.39 is 23.5 Å². The van der Waals surface area contributed by atoms with E-state index in [9.17, 15) is 26.3 Å². The van der Waals surface area contributed by atoms with Gasteiger partial charge >= 0.3 is 12.4 Å². The fraction of sp³-hybridized carbons (Fsp3) is 0.208. The van der Waals surface area contributed by atoms with E-state index in [0.29, 0.717) is 46.6 Å². The van der Waals surface area contributed by atoms with Gasteiger partial charge < -0.3 is 14.5 Å². The Morgan fingerprint density at radius 3 is 2.09 bits per heavy atom. The molecule has 1 heterocycles. The molecule has 4 rings (SSSR count). The number of benzene rings is 3. The molecular weight excluding hydrogens is 462 g/mol. The maximum Gasteiger partial charge on any atom is 0.416 e. The van der Waals surface area contributed by atoms with Crippen LogP contribution >= 0.6 is 0 Å². The lowest BCUT2D eigenvalue weighted by Crippen LogP contribution is -2.11. The van der Waals surface area contributed by atoms with E-state index in [1.807, 2.05) is 0 Å². The second-order valence-electron chi connectivity index (χ2n) is 7.48. The number of nitrogens with one attached hydrogen (secondary N) is 1. The summed E-state index contributed by atoms with van der Waals surface area (Å²) in [6, 6.07) is 9.63. The van der Waals surface area contributed by atoms with Crippen LogP contribution in [0.15, 0.2) is 60.9 Å². The van der Waals surface area contributed by atoms with Crippen molar-refractivity contribution in [3.63, 3.8) is 0 Å². The molecule has 3 aromatic carbocycles. The Kier molecular flexibility index (Phi) is 6.26. The Morgan fingerprint density at radius 2 is 1.50 bits per heavy atom. The van der Waals surface area contributed by atoms with Gasteiger partial charge in [0, 0.05) is 19.5 Å². The van der Waals surface area contributed by atoms with Crippen LogP contribution in [0.5, 0.6) is 5.75 Å². The molecule has 0 aliphatic carbocycles. The molecule has 0 unspecified atom stereocenters. The summed E-state index contributed by atoms with van der Waals surface area (Å²) < 4.78 is 90.5. The minimum absolute atomic E-state index is 0.114. The number of hydrogen-bond donors (Lipinski definition) is 1. The molecule has 4 aromatic rings. The average molecular weight is 480 g/mol.